The quantitative estimate of drug-likeness (QED) is 0.104. The Kier molecular flexibility index (Phi) is 194. The molecule has 0 saturated heterocycles. The number of carbonyl (C=O) groups excluding carboxylic acids is 4. The molecule has 0 amide bonds. The predicted octanol–water partition coefficient (Wildman–Crippen LogP) is -19.1. The van der Waals surface area contributed by atoms with Gasteiger partial charge in [-0.25, -0.2) is 0 Å². The number of fused-ring (bicyclic) bond motifs is 1. The van der Waals surface area contributed by atoms with Gasteiger partial charge in [-0.3, -0.25) is 9.97 Å². The zero-order valence-electron chi connectivity index (χ0n) is 28.6. The number of carbonyl (C=O) groups is 4. The second-order valence-corrected chi connectivity index (χ2v) is 6.27. The average molecular weight is 967 g/mol. The van der Waals surface area contributed by atoms with Crippen LogP contribution in [-0.2, 0) is 33.6 Å². The number of carboxylic acid groups (broad SMARTS) is 4. The van der Waals surface area contributed by atoms with Gasteiger partial charge in [0.25, 0.3) is 0 Å². The summed E-state index contributed by atoms with van der Waals surface area (Å²) >= 11 is 0. The summed E-state index contributed by atoms with van der Waals surface area (Å²) in [5.41, 5.74) is -2.77. The van der Waals surface area contributed by atoms with E-state index in [2.05, 4.69) is 20.5 Å². The molecule has 0 spiro atoms. The summed E-state index contributed by atoms with van der Waals surface area (Å²) in [6.07, 6.45) is 7.00. The summed E-state index contributed by atoms with van der Waals surface area (Å²) in [5.74, 6) is -7.25. The molecular formula is C24H52Co2N2O30. The van der Waals surface area contributed by atoms with Gasteiger partial charge in [-0.05, 0) is 24.3 Å². The van der Waals surface area contributed by atoms with E-state index in [0.717, 1.165) is 24.3 Å². The molecule has 4 rings (SSSR count). The van der Waals surface area contributed by atoms with Crippen molar-refractivity contribution in [2.75, 3.05) is 0 Å². The number of aromatic nitrogens is 2. The molecule has 0 aliphatic rings. The van der Waals surface area contributed by atoms with Crippen molar-refractivity contribution in [2.24, 2.45) is 0 Å². The van der Waals surface area contributed by atoms with Crippen LogP contribution in [0, 0.1) is 0 Å². The summed E-state index contributed by atoms with van der Waals surface area (Å²) in [6, 6.07) is 14.6. The summed E-state index contributed by atoms with van der Waals surface area (Å²) in [5, 5.41) is 67.1. The SMILES string of the molecule is O.O.O.O.O.O.O.O.O.O.O.O.O.O.O.O.O=C([O-])c1ccc(C(=O)[O-])c2c(C(=O)[O-])ccc(C(=O)[O-])c12.[Co+3].[Co+3].[O-][OH2+].[O-][OH2+].[OH-].[OH-].c1ccncc1.c1ccncc1. The predicted molar refractivity (Wildman–Crippen MR) is 179 cm³/mol. The number of benzene rings is 2. The molecule has 4 aromatic rings. The fourth-order valence-electron chi connectivity index (χ4n) is 2.80. The van der Waals surface area contributed by atoms with Crippen LogP contribution < -0.4 is 30.9 Å². The van der Waals surface area contributed by atoms with Crippen molar-refractivity contribution in [1.29, 1.82) is 0 Å². The average Bonchev–Trinajstić information content (AvgIpc) is 2.96. The first-order chi connectivity index (χ1) is 18.3. The first-order valence-electron chi connectivity index (χ1n) is 9.81. The molecule has 38 N–H and O–H groups in total. The van der Waals surface area contributed by atoms with E-state index in [1.165, 1.54) is 0 Å². The molecular weight excluding hydrogens is 914 g/mol. The third-order valence-electron chi connectivity index (χ3n) is 4.17. The van der Waals surface area contributed by atoms with Crippen molar-refractivity contribution in [2.45, 2.75) is 0 Å². The number of aromatic carboxylic acids is 4. The smallest absolute Gasteiger partial charge is 0.870 e. The molecule has 2 aromatic carbocycles. The van der Waals surface area contributed by atoms with Crippen LogP contribution in [0.4, 0.5) is 0 Å². The van der Waals surface area contributed by atoms with Crippen LogP contribution in [-0.4, -0.2) is 143 Å². The van der Waals surface area contributed by atoms with E-state index in [1.54, 1.807) is 24.8 Å². The van der Waals surface area contributed by atoms with Crippen molar-refractivity contribution >= 4 is 34.6 Å². The maximum atomic E-state index is 11.1. The number of hydrogen-bond acceptors (Lipinski definition) is 14. The molecule has 34 heteroatoms. The molecule has 2 heterocycles. The molecule has 0 bridgehead atoms. The second-order valence-electron chi connectivity index (χ2n) is 6.27. The Morgan fingerprint density at radius 1 is 0.345 bits per heavy atom. The van der Waals surface area contributed by atoms with E-state index in [4.69, 9.17) is 10.5 Å². The summed E-state index contributed by atoms with van der Waals surface area (Å²) < 4.78 is 0. The largest absolute Gasteiger partial charge is 3.00 e. The number of nitrogens with zero attached hydrogens (tertiary/aromatic N) is 2. The zero-order valence-corrected chi connectivity index (χ0v) is 30.7. The Morgan fingerprint density at radius 3 is 0.552 bits per heavy atom. The normalized spacial score (nSPS) is 5.79. The number of hydrogen-bond donors (Lipinski definition) is 0. The van der Waals surface area contributed by atoms with Gasteiger partial charge in [-0.1, -0.05) is 36.4 Å². The molecule has 32 nitrogen and oxygen atoms in total. The van der Waals surface area contributed by atoms with Crippen LogP contribution in [0.1, 0.15) is 41.4 Å². The van der Waals surface area contributed by atoms with Crippen molar-refractivity contribution < 1.29 is 193 Å². The minimum atomic E-state index is -1.81. The van der Waals surface area contributed by atoms with Crippen LogP contribution >= 0.6 is 0 Å². The van der Waals surface area contributed by atoms with Crippen LogP contribution in [0.25, 0.3) is 10.8 Å². The van der Waals surface area contributed by atoms with Gasteiger partial charge in [0.05, 0.1) is 23.9 Å². The standard InChI is InChI=1S/C14H8O8.2C5H5N.2Co.2H2O2.18H2O/c15-11(16)5-1-2-6(12(17)18)10-8(14(21)22)4-3-7(9(5)10)13(19)20;2*1-2-4-6-5-3-1;;;2*1-2;;;;;;;;;;;;;;;;;;/h1-4H,(H,15,16)(H,17,18)(H,19,20)(H,21,22);2*1-5H;;;2*1H2;18*1H2/q;;;2*+3;;;;;;;;;;;;;;;;;;;;/p-6. The molecule has 0 atom stereocenters. The Labute approximate surface area is 344 Å². The van der Waals surface area contributed by atoms with Crippen LogP contribution in [0.5, 0.6) is 0 Å². The van der Waals surface area contributed by atoms with Crippen LogP contribution in [0.2, 0.25) is 0 Å². The van der Waals surface area contributed by atoms with E-state index in [9.17, 15) is 39.6 Å². The number of pyridine rings is 2. The zero-order chi connectivity index (χ0) is 29.1. The van der Waals surface area contributed by atoms with E-state index in [-0.39, 0.29) is 132 Å². The molecule has 58 heavy (non-hydrogen) atoms. The Bertz CT molecular complexity index is 1130. The van der Waals surface area contributed by atoms with Crippen molar-refractivity contribution in [3.05, 3.63) is 108 Å². The van der Waals surface area contributed by atoms with E-state index in [0.29, 0.717) is 0 Å². The minimum Gasteiger partial charge on any atom is -0.870 e. The third-order valence-corrected chi connectivity index (χ3v) is 4.17. The Hall–Kier alpha value is -4.99. The molecule has 2 aromatic heterocycles. The maximum Gasteiger partial charge on any atom is 3.00 e. The topological polar surface area (TPSA) is 842 Å². The first kappa shape index (κ1) is 140. The molecule has 0 aliphatic carbocycles. The summed E-state index contributed by atoms with van der Waals surface area (Å²) in [4.78, 5) is 52.0. The van der Waals surface area contributed by atoms with Gasteiger partial charge in [-0.2, -0.15) is 0 Å². The molecule has 0 saturated carbocycles. The summed E-state index contributed by atoms with van der Waals surface area (Å²) in [7, 11) is 0. The first-order valence-corrected chi connectivity index (χ1v) is 9.81. The fraction of sp³-hybridized carbons (Fsp3) is 0. The van der Waals surface area contributed by atoms with Crippen molar-refractivity contribution in [1.82, 2.24) is 9.97 Å². The van der Waals surface area contributed by atoms with E-state index < -0.39 is 56.9 Å². The Morgan fingerprint density at radius 2 is 0.483 bits per heavy atom. The van der Waals surface area contributed by atoms with Gasteiger partial charge in [0.2, 0.25) is 0 Å². The van der Waals surface area contributed by atoms with E-state index >= 15 is 0 Å². The minimum absolute atomic E-state index is 0. The molecule has 0 fully saturated rings. The molecule has 0 aliphatic heterocycles. The number of rotatable bonds is 4. The van der Waals surface area contributed by atoms with Crippen LogP contribution in [0.3, 0.4) is 0 Å². The second kappa shape index (κ2) is 80.5. The van der Waals surface area contributed by atoms with Gasteiger partial charge >= 0.3 is 33.6 Å². The molecule has 356 valence electrons. The van der Waals surface area contributed by atoms with Crippen molar-refractivity contribution in [3.63, 3.8) is 0 Å². The maximum absolute atomic E-state index is 11.1. The molecule has 0 radical (unpaired) electrons. The van der Waals surface area contributed by atoms with Gasteiger partial charge in [0.15, 0.2) is 0 Å². The van der Waals surface area contributed by atoms with Crippen molar-refractivity contribution in [3.8, 4) is 0 Å². The Balaban J connectivity index is -0.0000000176. The number of carboxylic acids is 4. The fourth-order valence-corrected chi connectivity index (χ4v) is 2.80. The van der Waals surface area contributed by atoms with E-state index in [1.807, 2.05) is 36.4 Å². The monoisotopic (exact) mass is 966 g/mol. The van der Waals surface area contributed by atoms with Gasteiger partial charge < -0.3 is 159 Å². The summed E-state index contributed by atoms with van der Waals surface area (Å²) in [6.45, 7) is 0. The van der Waals surface area contributed by atoms with Crippen LogP contribution in [0.15, 0.2) is 85.5 Å². The van der Waals surface area contributed by atoms with Gasteiger partial charge in [0, 0.05) is 57.8 Å². The third kappa shape index (κ3) is 45.4. The van der Waals surface area contributed by atoms with Gasteiger partial charge in [0.1, 0.15) is 0 Å². The molecule has 0 unspecified atom stereocenters. The van der Waals surface area contributed by atoms with Gasteiger partial charge in [-0.15, -0.1) is 0 Å².